The minimum Gasteiger partial charge on any atom is -0.495 e. The van der Waals surface area contributed by atoms with Crippen molar-refractivity contribution in [3.63, 3.8) is 0 Å². The van der Waals surface area contributed by atoms with Gasteiger partial charge in [-0.25, -0.2) is 9.97 Å². The Labute approximate surface area is 145 Å². The van der Waals surface area contributed by atoms with Gasteiger partial charge in [0.15, 0.2) is 0 Å². The zero-order chi connectivity index (χ0) is 17.6. The molecular formula is C19H18N4O2. The molecule has 0 saturated heterocycles. The van der Waals surface area contributed by atoms with Gasteiger partial charge in [0.25, 0.3) is 0 Å². The Morgan fingerprint density at radius 1 is 1.04 bits per heavy atom. The van der Waals surface area contributed by atoms with Crippen molar-refractivity contribution in [3.8, 4) is 17.0 Å². The van der Waals surface area contributed by atoms with Crippen LogP contribution >= 0.6 is 0 Å². The maximum Gasteiger partial charge on any atom is 0.221 e. The Morgan fingerprint density at radius 2 is 1.80 bits per heavy atom. The predicted octanol–water partition coefficient (Wildman–Crippen LogP) is 3.85. The lowest BCUT2D eigenvalue weighted by molar-refractivity contribution is -0.114. The molecule has 0 aliphatic carbocycles. The van der Waals surface area contributed by atoms with Crippen LogP contribution in [-0.2, 0) is 4.79 Å². The van der Waals surface area contributed by atoms with E-state index in [1.807, 2.05) is 54.6 Å². The van der Waals surface area contributed by atoms with Gasteiger partial charge < -0.3 is 15.4 Å². The van der Waals surface area contributed by atoms with Crippen LogP contribution < -0.4 is 15.4 Å². The largest absolute Gasteiger partial charge is 0.495 e. The molecule has 3 rings (SSSR count). The van der Waals surface area contributed by atoms with Crippen LogP contribution in [-0.4, -0.2) is 23.0 Å². The first kappa shape index (κ1) is 16.4. The van der Waals surface area contributed by atoms with Crippen molar-refractivity contribution < 1.29 is 9.53 Å². The van der Waals surface area contributed by atoms with Crippen LogP contribution in [0, 0.1) is 0 Å². The van der Waals surface area contributed by atoms with Gasteiger partial charge in [0.05, 0.1) is 18.5 Å². The summed E-state index contributed by atoms with van der Waals surface area (Å²) >= 11 is 0. The fourth-order valence-electron chi connectivity index (χ4n) is 2.40. The molecule has 1 heterocycles. The van der Waals surface area contributed by atoms with E-state index in [1.165, 1.54) is 13.3 Å². The van der Waals surface area contributed by atoms with Crippen molar-refractivity contribution in [3.05, 3.63) is 60.9 Å². The zero-order valence-corrected chi connectivity index (χ0v) is 14.0. The number of para-hydroxylation sites is 2. The molecule has 3 aromatic rings. The normalized spacial score (nSPS) is 10.2. The molecule has 0 spiro atoms. The first-order chi connectivity index (χ1) is 12.2. The van der Waals surface area contributed by atoms with Gasteiger partial charge in [0, 0.05) is 24.2 Å². The molecule has 2 N–H and O–H groups in total. The van der Waals surface area contributed by atoms with Crippen molar-refractivity contribution in [2.45, 2.75) is 6.92 Å². The van der Waals surface area contributed by atoms with Crippen LogP contribution in [0.25, 0.3) is 11.3 Å². The molecule has 0 atom stereocenters. The summed E-state index contributed by atoms with van der Waals surface area (Å²) in [5, 5.41) is 5.98. The number of amides is 1. The molecule has 0 aliphatic heterocycles. The van der Waals surface area contributed by atoms with E-state index in [2.05, 4.69) is 20.6 Å². The molecule has 0 bridgehead atoms. The second-order valence-electron chi connectivity index (χ2n) is 5.37. The van der Waals surface area contributed by atoms with Crippen molar-refractivity contribution in [1.29, 1.82) is 0 Å². The maximum atomic E-state index is 11.1. The number of nitrogens with one attached hydrogen (secondary N) is 2. The van der Waals surface area contributed by atoms with Crippen LogP contribution in [0.15, 0.2) is 60.9 Å². The van der Waals surface area contributed by atoms with Gasteiger partial charge >= 0.3 is 0 Å². The lowest BCUT2D eigenvalue weighted by Gasteiger charge is -2.11. The molecule has 0 fully saturated rings. The molecule has 6 heteroatoms. The SMILES string of the molecule is COc1ccccc1Nc1cc(-c2ccc(NC(C)=O)cc2)ncn1. The quantitative estimate of drug-likeness (QED) is 0.741. The van der Waals surface area contributed by atoms with E-state index in [0.717, 1.165) is 28.4 Å². The zero-order valence-electron chi connectivity index (χ0n) is 14.0. The van der Waals surface area contributed by atoms with Crippen LogP contribution in [0.2, 0.25) is 0 Å². The van der Waals surface area contributed by atoms with Gasteiger partial charge in [0.1, 0.15) is 17.9 Å². The van der Waals surface area contributed by atoms with E-state index in [9.17, 15) is 4.79 Å². The molecule has 2 aromatic carbocycles. The van der Waals surface area contributed by atoms with Crippen molar-refractivity contribution in [1.82, 2.24) is 9.97 Å². The third kappa shape index (κ3) is 4.11. The van der Waals surface area contributed by atoms with E-state index >= 15 is 0 Å². The molecule has 1 aromatic heterocycles. The summed E-state index contributed by atoms with van der Waals surface area (Å²) in [6.07, 6.45) is 1.51. The summed E-state index contributed by atoms with van der Waals surface area (Å²) in [5.74, 6) is 1.31. The Hall–Kier alpha value is -3.41. The van der Waals surface area contributed by atoms with E-state index < -0.39 is 0 Å². The number of carbonyl (C=O) groups is 1. The molecule has 6 nitrogen and oxygen atoms in total. The van der Waals surface area contributed by atoms with E-state index in [0.29, 0.717) is 5.82 Å². The van der Waals surface area contributed by atoms with Crippen molar-refractivity contribution >= 4 is 23.1 Å². The standard InChI is InChI=1S/C19H18N4O2/c1-13(24)22-15-9-7-14(8-10-15)17-11-19(21-12-20-17)23-16-5-3-4-6-18(16)25-2/h3-12H,1-2H3,(H,22,24)(H,20,21,23). The van der Waals surface area contributed by atoms with E-state index in [1.54, 1.807) is 7.11 Å². The fraction of sp³-hybridized carbons (Fsp3) is 0.105. The molecular weight excluding hydrogens is 316 g/mol. The van der Waals surface area contributed by atoms with E-state index in [-0.39, 0.29) is 5.91 Å². The summed E-state index contributed by atoms with van der Waals surface area (Å²) in [6, 6.07) is 17.0. The van der Waals surface area contributed by atoms with Crippen LogP contribution in [0.3, 0.4) is 0 Å². The number of benzene rings is 2. The Bertz CT molecular complexity index is 879. The third-order valence-electron chi connectivity index (χ3n) is 3.54. The number of methoxy groups -OCH3 is 1. The number of anilines is 3. The van der Waals surface area contributed by atoms with Crippen molar-refractivity contribution in [2.75, 3.05) is 17.7 Å². The molecule has 126 valence electrons. The average Bonchev–Trinajstić information content (AvgIpc) is 2.62. The van der Waals surface area contributed by atoms with Gasteiger partial charge in [-0.1, -0.05) is 24.3 Å². The Kier molecular flexibility index (Phi) is 4.89. The Balaban J connectivity index is 1.83. The number of carbonyl (C=O) groups excluding carboxylic acids is 1. The van der Waals surface area contributed by atoms with Gasteiger partial charge in [-0.15, -0.1) is 0 Å². The molecule has 0 radical (unpaired) electrons. The van der Waals surface area contributed by atoms with Crippen molar-refractivity contribution in [2.24, 2.45) is 0 Å². The van der Waals surface area contributed by atoms with Crippen LogP contribution in [0.4, 0.5) is 17.2 Å². The molecule has 0 saturated carbocycles. The molecule has 0 unspecified atom stereocenters. The second-order valence-corrected chi connectivity index (χ2v) is 5.37. The number of hydrogen-bond acceptors (Lipinski definition) is 5. The number of aromatic nitrogens is 2. The fourth-order valence-corrected chi connectivity index (χ4v) is 2.40. The highest BCUT2D eigenvalue weighted by Gasteiger charge is 2.06. The minimum atomic E-state index is -0.0990. The summed E-state index contributed by atoms with van der Waals surface area (Å²) in [5.41, 5.74) is 3.29. The van der Waals surface area contributed by atoms with E-state index in [4.69, 9.17) is 4.74 Å². The van der Waals surface area contributed by atoms with Gasteiger partial charge in [-0.05, 0) is 24.3 Å². The van der Waals surface area contributed by atoms with Crippen LogP contribution in [0.5, 0.6) is 5.75 Å². The highest BCUT2D eigenvalue weighted by atomic mass is 16.5. The second kappa shape index (κ2) is 7.44. The lowest BCUT2D eigenvalue weighted by Crippen LogP contribution is -2.05. The Morgan fingerprint density at radius 3 is 2.52 bits per heavy atom. The highest BCUT2D eigenvalue weighted by molar-refractivity contribution is 5.88. The first-order valence-corrected chi connectivity index (χ1v) is 7.76. The lowest BCUT2D eigenvalue weighted by atomic mass is 10.1. The first-order valence-electron chi connectivity index (χ1n) is 7.76. The maximum absolute atomic E-state index is 11.1. The van der Waals surface area contributed by atoms with Gasteiger partial charge in [-0.3, -0.25) is 4.79 Å². The number of nitrogens with zero attached hydrogens (tertiary/aromatic N) is 2. The summed E-state index contributed by atoms with van der Waals surface area (Å²) in [6.45, 7) is 1.48. The van der Waals surface area contributed by atoms with Gasteiger partial charge in [-0.2, -0.15) is 0 Å². The molecule has 1 amide bonds. The topological polar surface area (TPSA) is 76.1 Å². The smallest absolute Gasteiger partial charge is 0.221 e. The third-order valence-corrected chi connectivity index (χ3v) is 3.54. The predicted molar refractivity (Wildman–Crippen MR) is 98.0 cm³/mol. The average molecular weight is 334 g/mol. The molecule has 25 heavy (non-hydrogen) atoms. The highest BCUT2D eigenvalue weighted by Crippen LogP contribution is 2.27. The number of hydrogen-bond donors (Lipinski definition) is 2. The van der Waals surface area contributed by atoms with Crippen LogP contribution in [0.1, 0.15) is 6.92 Å². The molecule has 0 aliphatic rings. The number of rotatable bonds is 5. The number of ether oxygens (including phenoxy) is 1. The summed E-state index contributed by atoms with van der Waals surface area (Å²) < 4.78 is 5.34. The minimum absolute atomic E-state index is 0.0990. The monoisotopic (exact) mass is 334 g/mol. The van der Waals surface area contributed by atoms with Gasteiger partial charge in [0.2, 0.25) is 5.91 Å². The summed E-state index contributed by atoms with van der Waals surface area (Å²) in [7, 11) is 1.63. The summed E-state index contributed by atoms with van der Waals surface area (Å²) in [4.78, 5) is 19.7.